The first-order chi connectivity index (χ1) is 9.86. The van der Waals surface area contributed by atoms with Crippen molar-refractivity contribution in [2.24, 2.45) is 7.05 Å². The van der Waals surface area contributed by atoms with Crippen molar-refractivity contribution in [3.8, 4) is 11.3 Å². The van der Waals surface area contributed by atoms with E-state index in [1.165, 1.54) is 12.3 Å². The molecule has 6 heteroatoms. The van der Waals surface area contributed by atoms with E-state index in [1.54, 1.807) is 29.9 Å². The highest BCUT2D eigenvalue weighted by Crippen LogP contribution is 2.35. The van der Waals surface area contributed by atoms with Gasteiger partial charge in [0.1, 0.15) is 0 Å². The molecule has 0 aliphatic heterocycles. The predicted octanol–water partition coefficient (Wildman–Crippen LogP) is 3.84. The Balaban J connectivity index is 2.25. The average Bonchev–Trinajstić information content (AvgIpc) is 2.76. The summed E-state index contributed by atoms with van der Waals surface area (Å²) < 4.78 is 40.4. The molecule has 0 aliphatic rings. The number of nitrogens with two attached hydrogens (primary N) is 1. The van der Waals surface area contributed by atoms with Crippen LogP contribution in [0.5, 0.6) is 0 Å². The molecule has 0 unspecified atom stereocenters. The minimum atomic E-state index is -4.37. The van der Waals surface area contributed by atoms with E-state index in [4.69, 9.17) is 5.73 Å². The predicted molar refractivity (Wildman–Crippen MR) is 75.6 cm³/mol. The largest absolute Gasteiger partial charge is 0.416 e. The number of anilines is 1. The molecule has 2 N–H and O–H groups in total. The van der Waals surface area contributed by atoms with Gasteiger partial charge in [0, 0.05) is 29.7 Å². The molecule has 0 saturated carbocycles. The number of hydrogen-bond donors (Lipinski definition) is 1. The van der Waals surface area contributed by atoms with Gasteiger partial charge in [-0.15, -0.1) is 0 Å². The number of alkyl halides is 3. The number of halogens is 3. The van der Waals surface area contributed by atoms with Gasteiger partial charge in [-0.25, -0.2) is 0 Å². The lowest BCUT2D eigenvalue weighted by molar-refractivity contribution is -0.137. The first kappa shape index (κ1) is 13.5. The van der Waals surface area contributed by atoms with Gasteiger partial charge < -0.3 is 10.3 Å². The molecule has 1 aromatic carbocycles. The molecule has 0 atom stereocenters. The molecule has 3 rings (SSSR count). The van der Waals surface area contributed by atoms with E-state index in [1.807, 2.05) is 0 Å². The molecule has 2 heterocycles. The number of pyridine rings is 1. The van der Waals surface area contributed by atoms with Gasteiger partial charge in [-0.1, -0.05) is 0 Å². The number of aromatic nitrogens is 2. The highest BCUT2D eigenvalue weighted by molar-refractivity contribution is 5.95. The number of aryl methyl sites for hydroxylation is 1. The standard InChI is InChI=1S/C15H12F3N3/c1-21-8-12(13-4-3-10(19)7-20-13)11-6-9(15(16,17)18)2-5-14(11)21/h2-8H,19H2,1H3. The van der Waals surface area contributed by atoms with Crippen molar-refractivity contribution in [1.29, 1.82) is 0 Å². The van der Waals surface area contributed by atoms with Crippen LogP contribution in [0.15, 0.2) is 42.7 Å². The van der Waals surface area contributed by atoms with Gasteiger partial charge >= 0.3 is 6.18 Å². The second-order valence-corrected chi connectivity index (χ2v) is 4.86. The molecule has 0 aliphatic carbocycles. The normalized spacial score (nSPS) is 12.0. The summed E-state index contributed by atoms with van der Waals surface area (Å²) in [5, 5.41) is 0.518. The van der Waals surface area contributed by atoms with Crippen molar-refractivity contribution in [3.63, 3.8) is 0 Å². The minimum Gasteiger partial charge on any atom is -0.397 e. The van der Waals surface area contributed by atoms with Crippen LogP contribution in [0.3, 0.4) is 0 Å². The van der Waals surface area contributed by atoms with Crippen LogP contribution >= 0.6 is 0 Å². The van der Waals surface area contributed by atoms with E-state index in [0.717, 1.165) is 17.6 Å². The number of rotatable bonds is 1. The maximum atomic E-state index is 12.9. The van der Waals surface area contributed by atoms with E-state index >= 15 is 0 Å². The topological polar surface area (TPSA) is 43.8 Å². The summed E-state index contributed by atoms with van der Waals surface area (Å²) in [5.41, 5.74) is 7.39. The maximum Gasteiger partial charge on any atom is 0.416 e. The molecule has 0 amide bonds. The maximum absolute atomic E-state index is 12.9. The van der Waals surface area contributed by atoms with E-state index in [9.17, 15) is 13.2 Å². The first-order valence-corrected chi connectivity index (χ1v) is 6.24. The second-order valence-electron chi connectivity index (χ2n) is 4.86. The zero-order valence-electron chi connectivity index (χ0n) is 11.1. The summed E-state index contributed by atoms with van der Waals surface area (Å²) in [5.74, 6) is 0. The second kappa shape index (κ2) is 4.51. The SMILES string of the molecule is Cn1cc(-c2ccc(N)cn2)c2cc(C(F)(F)F)ccc21. The molecular weight excluding hydrogens is 279 g/mol. The lowest BCUT2D eigenvalue weighted by atomic mass is 10.1. The highest BCUT2D eigenvalue weighted by atomic mass is 19.4. The molecule has 2 aromatic heterocycles. The van der Waals surface area contributed by atoms with Crippen molar-refractivity contribution in [1.82, 2.24) is 9.55 Å². The molecule has 0 saturated heterocycles. The minimum absolute atomic E-state index is 0.509. The average molecular weight is 291 g/mol. The van der Waals surface area contributed by atoms with Gasteiger partial charge in [0.05, 0.1) is 23.1 Å². The molecule has 21 heavy (non-hydrogen) atoms. The zero-order chi connectivity index (χ0) is 15.2. The number of fused-ring (bicyclic) bond motifs is 1. The van der Waals surface area contributed by atoms with Gasteiger partial charge in [0.15, 0.2) is 0 Å². The molecule has 0 fully saturated rings. The Kier molecular flexibility index (Phi) is 2.90. The lowest BCUT2D eigenvalue weighted by Crippen LogP contribution is -2.04. The van der Waals surface area contributed by atoms with Crippen molar-refractivity contribution in [3.05, 3.63) is 48.3 Å². The third-order valence-corrected chi connectivity index (χ3v) is 3.38. The quantitative estimate of drug-likeness (QED) is 0.740. The van der Waals surface area contributed by atoms with Crippen LogP contribution in [-0.2, 0) is 13.2 Å². The van der Waals surface area contributed by atoms with Gasteiger partial charge in [-0.2, -0.15) is 13.2 Å². The molecule has 0 radical (unpaired) electrons. The molecule has 0 spiro atoms. The Morgan fingerprint density at radius 2 is 1.90 bits per heavy atom. The van der Waals surface area contributed by atoms with E-state index in [2.05, 4.69) is 4.98 Å². The molecule has 3 aromatic rings. The summed E-state index contributed by atoms with van der Waals surface area (Å²) in [7, 11) is 1.79. The zero-order valence-corrected chi connectivity index (χ0v) is 11.1. The van der Waals surface area contributed by atoms with Crippen LogP contribution < -0.4 is 5.73 Å². The van der Waals surface area contributed by atoms with Crippen LogP contribution in [0.4, 0.5) is 18.9 Å². The fourth-order valence-corrected chi connectivity index (χ4v) is 2.34. The molecule has 3 nitrogen and oxygen atoms in total. The summed E-state index contributed by atoms with van der Waals surface area (Å²) in [6, 6.07) is 7.09. The summed E-state index contributed by atoms with van der Waals surface area (Å²) in [6.07, 6.45) is -1.11. The number of hydrogen-bond acceptors (Lipinski definition) is 2. The van der Waals surface area contributed by atoms with Crippen molar-refractivity contribution >= 4 is 16.6 Å². The lowest BCUT2D eigenvalue weighted by Gasteiger charge is -2.07. The van der Waals surface area contributed by atoms with E-state index < -0.39 is 11.7 Å². The van der Waals surface area contributed by atoms with Gasteiger partial charge in [-0.3, -0.25) is 4.98 Å². The summed E-state index contributed by atoms with van der Waals surface area (Å²) in [6.45, 7) is 0. The van der Waals surface area contributed by atoms with Crippen LogP contribution in [0.1, 0.15) is 5.56 Å². The Hall–Kier alpha value is -2.50. The van der Waals surface area contributed by atoms with Crippen molar-refractivity contribution in [2.45, 2.75) is 6.18 Å². The van der Waals surface area contributed by atoms with Crippen LogP contribution in [0, 0.1) is 0 Å². The molecule has 0 bridgehead atoms. The summed E-state index contributed by atoms with van der Waals surface area (Å²) >= 11 is 0. The van der Waals surface area contributed by atoms with Crippen molar-refractivity contribution in [2.75, 3.05) is 5.73 Å². The number of nitrogen functional groups attached to an aromatic ring is 1. The first-order valence-electron chi connectivity index (χ1n) is 6.24. The molecule has 108 valence electrons. The molecular formula is C15H12F3N3. The fourth-order valence-electron chi connectivity index (χ4n) is 2.34. The van der Waals surface area contributed by atoms with Crippen LogP contribution in [0.25, 0.3) is 22.2 Å². The Morgan fingerprint density at radius 1 is 1.14 bits per heavy atom. The Labute approximate surface area is 118 Å². The van der Waals surface area contributed by atoms with E-state index in [-0.39, 0.29) is 0 Å². The monoisotopic (exact) mass is 291 g/mol. The third kappa shape index (κ3) is 2.33. The Morgan fingerprint density at radius 3 is 2.52 bits per heavy atom. The fraction of sp³-hybridized carbons (Fsp3) is 0.133. The highest BCUT2D eigenvalue weighted by Gasteiger charge is 2.31. The number of benzene rings is 1. The van der Waals surface area contributed by atoms with Crippen LogP contribution in [-0.4, -0.2) is 9.55 Å². The van der Waals surface area contributed by atoms with Gasteiger partial charge in [0.25, 0.3) is 0 Å². The van der Waals surface area contributed by atoms with Crippen molar-refractivity contribution < 1.29 is 13.2 Å². The van der Waals surface area contributed by atoms with Gasteiger partial charge in [0.2, 0.25) is 0 Å². The third-order valence-electron chi connectivity index (χ3n) is 3.38. The number of nitrogens with zero attached hydrogens (tertiary/aromatic N) is 2. The Bertz CT molecular complexity index is 801. The smallest absolute Gasteiger partial charge is 0.397 e. The van der Waals surface area contributed by atoms with E-state index in [0.29, 0.717) is 22.3 Å². The van der Waals surface area contributed by atoms with Crippen LogP contribution in [0.2, 0.25) is 0 Å². The van der Waals surface area contributed by atoms with Gasteiger partial charge in [-0.05, 0) is 30.3 Å². The summed E-state index contributed by atoms with van der Waals surface area (Å²) in [4.78, 5) is 4.18.